The second kappa shape index (κ2) is 5.70. The lowest BCUT2D eigenvalue weighted by atomic mass is 10.0. The third kappa shape index (κ3) is 3.20. The maximum Gasteiger partial charge on any atom is 0.240 e. The summed E-state index contributed by atoms with van der Waals surface area (Å²) in [5.41, 5.74) is 5.16. The van der Waals surface area contributed by atoms with Crippen LogP contribution in [0, 0.1) is 0 Å². The molecule has 0 aromatic carbocycles. The minimum absolute atomic E-state index is 0.0444. The van der Waals surface area contributed by atoms with Gasteiger partial charge in [-0.15, -0.1) is 0 Å². The minimum Gasteiger partial charge on any atom is -0.368 e. The van der Waals surface area contributed by atoms with Crippen LogP contribution in [-0.2, 0) is 9.59 Å². The number of hydrogen-bond acceptors (Lipinski definition) is 3. The first-order valence-corrected chi connectivity index (χ1v) is 5.46. The fraction of sp³-hybridized carbons (Fsp3) is 0.800. The van der Waals surface area contributed by atoms with Gasteiger partial charge >= 0.3 is 0 Å². The van der Waals surface area contributed by atoms with Gasteiger partial charge in [-0.2, -0.15) is 0 Å². The van der Waals surface area contributed by atoms with Gasteiger partial charge in [0.15, 0.2) is 0 Å². The van der Waals surface area contributed by atoms with E-state index < -0.39 is 0 Å². The van der Waals surface area contributed by atoms with Crippen LogP contribution in [0.5, 0.6) is 0 Å². The van der Waals surface area contributed by atoms with Crippen molar-refractivity contribution in [3.63, 3.8) is 0 Å². The monoisotopic (exact) mass is 213 g/mol. The van der Waals surface area contributed by atoms with Crippen LogP contribution in [0.1, 0.15) is 26.2 Å². The summed E-state index contributed by atoms with van der Waals surface area (Å²) < 4.78 is 0. The molecule has 1 heterocycles. The minimum atomic E-state index is -0.388. The van der Waals surface area contributed by atoms with Crippen LogP contribution < -0.4 is 11.1 Å². The maximum absolute atomic E-state index is 11.6. The molecule has 0 saturated carbocycles. The largest absolute Gasteiger partial charge is 0.368 e. The molecule has 1 saturated heterocycles. The smallest absolute Gasteiger partial charge is 0.240 e. The van der Waals surface area contributed by atoms with Crippen molar-refractivity contribution in [2.75, 3.05) is 19.6 Å². The van der Waals surface area contributed by atoms with Crippen LogP contribution >= 0.6 is 0 Å². The van der Waals surface area contributed by atoms with Gasteiger partial charge in [0, 0.05) is 13.0 Å². The normalized spacial score (nSPS) is 19.8. The highest BCUT2D eigenvalue weighted by Crippen LogP contribution is 2.18. The predicted octanol–water partition coefficient (Wildman–Crippen LogP) is -0.538. The van der Waals surface area contributed by atoms with Gasteiger partial charge in [-0.1, -0.05) is 6.92 Å². The quantitative estimate of drug-likeness (QED) is 0.582. The highest BCUT2D eigenvalue weighted by molar-refractivity contribution is 5.88. The highest BCUT2D eigenvalue weighted by atomic mass is 16.2. The Morgan fingerprint density at radius 2 is 2.27 bits per heavy atom. The zero-order valence-corrected chi connectivity index (χ0v) is 9.16. The molecule has 15 heavy (non-hydrogen) atoms. The number of amides is 2. The van der Waals surface area contributed by atoms with Gasteiger partial charge in [0.2, 0.25) is 11.8 Å². The number of hydrogen-bond donors (Lipinski definition) is 2. The average molecular weight is 213 g/mol. The standard InChI is InChI=1S/C10H19N3O2/c1-2-12-6-3-4-9(14)13-7-5-8(13)10(11)15/h8,12H,2-7H2,1H3,(H2,11,15). The molecule has 3 N–H and O–H groups in total. The second-order valence-electron chi connectivity index (χ2n) is 3.75. The lowest BCUT2D eigenvalue weighted by Gasteiger charge is -2.38. The van der Waals surface area contributed by atoms with Crippen LogP contribution in [-0.4, -0.2) is 42.4 Å². The van der Waals surface area contributed by atoms with Crippen molar-refractivity contribution in [2.24, 2.45) is 5.73 Å². The van der Waals surface area contributed by atoms with E-state index in [-0.39, 0.29) is 17.9 Å². The van der Waals surface area contributed by atoms with E-state index in [1.54, 1.807) is 4.90 Å². The van der Waals surface area contributed by atoms with E-state index in [1.807, 2.05) is 6.92 Å². The SMILES string of the molecule is CCNCCCC(=O)N1CCC1C(N)=O. The van der Waals surface area contributed by atoms with Gasteiger partial charge in [-0.25, -0.2) is 0 Å². The fourth-order valence-electron chi connectivity index (χ4n) is 1.67. The number of nitrogens with two attached hydrogens (primary N) is 1. The van der Waals surface area contributed by atoms with E-state index >= 15 is 0 Å². The molecule has 1 unspecified atom stereocenters. The molecule has 2 amide bonds. The topological polar surface area (TPSA) is 75.4 Å². The lowest BCUT2D eigenvalue weighted by Crippen LogP contribution is -2.57. The molecule has 1 rings (SSSR count). The van der Waals surface area contributed by atoms with Crippen molar-refractivity contribution in [1.82, 2.24) is 10.2 Å². The first-order valence-electron chi connectivity index (χ1n) is 5.46. The van der Waals surface area contributed by atoms with E-state index in [0.29, 0.717) is 19.4 Å². The molecule has 86 valence electrons. The van der Waals surface area contributed by atoms with Gasteiger partial charge < -0.3 is 16.0 Å². The first kappa shape index (κ1) is 12.0. The summed E-state index contributed by atoms with van der Waals surface area (Å²) in [6, 6.07) is -0.350. The summed E-state index contributed by atoms with van der Waals surface area (Å²) in [6.07, 6.45) is 2.03. The molecule has 0 radical (unpaired) electrons. The summed E-state index contributed by atoms with van der Waals surface area (Å²) in [5.74, 6) is -0.343. The molecule has 0 aliphatic carbocycles. The molecular weight excluding hydrogens is 194 g/mol. The van der Waals surface area contributed by atoms with Gasteiger partial charge in [-0.05, 0) is 25.9 Å². The first-order chi connectivity index (χ1) is 7.16. The summed E-state index contributed by atoms with van der Waals surface area (Å²) >= 11 is 0. The third-order valence-corrected chi connectivity index (χ3v) is 2.66. The Hall–Kier alpha value is -1.10. The number of primary amides is 1. The third-order valence-electron chi connectivity index (χ3n) is 2.66. The van der Waals surface area contributed by atoms with Gasteiger partial charge in [0.05, 0.1) is 0 Å². The molecule has 1 aliphatic heterocycles. The zero-order chi connectivity index (χ0) is 11.3. The van der Waals surface area contributed by atoms with Crippen LogP contribution in [0.2, 0.25) is 0 Å². The van der Waals surface area contributed by atoms with Crippen LogP contribution in [0.4, 0.5) is 0 Å². The second-order valence-corrected chi connectivity index (χ2v) is 3.75. The Kier molecular flexibility index (Phi) is 4.55. The average Bonchev–Trinajstić information content (AvgIpc) is 2.09. The molecule has 0 bridgehead atoms. The molecule has 1 fully saturated rings. The molecule has 5 heteroatoms. The van der Waals surface area contributed by atoms with Crippen molar-refractivity contribution in [3.8, 4) is 0 Å². The Labute approximate surface area is 90.0 Å². The molecule has 0 spiro atoms. The van der Waals surface area contributed by atoms with Crippen LogP contribution in [0.15, 0.2) is 0 Å². The summed E-state index contributed by atoms with van der Waals surface area (Å²) in [7, 11) is 0. The van der Waals surface area contributed by atoms with E-state index in [0.717, 1.165) is 19.5 Å². The summed E-state index contributed by atoms with van der Waals surface area (Å²) in [6.45, 7) is 4.47. The van der Waals surface area contributed by atoms with Crippen LogP contribution in [0.3, 0.4) is 0 Å². The van der Waals surface area contributed by atoms with Crippen LogP contribution in [0.25, 0.3) is 0 Å². The van der Waals surface area contributed by atoms with E-state index in [9.17, 15) is 9.59 Å². The number of rotatable bonds is 6. The summed E-state index contributed by atoms with van der Waals surface area (Å²) in [5, 5.41) is 3.15. The van der Waals surface area contributed by atoms with Gasteiger partial charge in [-0.3, -0.25) is 9.59 Å². The number of nitrogens with one attached hydrogen (secondary N) is 1. The van der Waals surface area contributed by atoms with E-state index in [1.165, 1.54) is 0 Å². The van der Waals surface area contributed by atoms with E-state index in [2.05, 4.69) is 5.32 Å². The molecule has 0 aromatic rings. The van der Waals surface area contributed by atoms with E-state index in [4.69, 9.17) is 5.73 Å². The number of carbonyl (C=O) groups excluding carboxylic acids is 2. The number of nitrogens with zero attached hydrogens (tertiary/aromatic N) is 1. The van der Waals surface area contributed by atoms with Crippen molar-refractivity contribution in [1.29, 1.82) is 0 Å². The highest BCUT2D eigenvalue weighted by Gasteiger charge is 2.35. The Bertz CT molecular complexity index is 243. The molecule has 1 atom stereocenters. The van der Waals surface area contributed by atoms with Crippen molar-refractivity contribution >= 4 is 11.8 Å². The number of likely N-dealkylation sites (tertiary alicyclic amines) is 1. The molecular formula is C10H19N3O2. The molecule has 1 aliphatic rings. The molecule has 5 nitrogen and oxygen atoms in total. The lowest BCUT2D eigenvalue weighted by molar-refractivity contribution is -0.146. The maximum atomic E-state index is 11.6. The predicted molar refractivity (Wildman–Crippen MR) is 57.1 cm³/mol. The Balaban J connectivity index is 2.20. The number of carbonyl (C=O) groups is 2. The zero-order valence-electron chi connectivity index (χ0n) is 9.16. The fourth-order valence-corrected chi connectivity index (χ4v) is 1.67. The Morgan fingerprint density at radius 1 is 1.53 bits per heavy atom. The van der Waals surface area contributed by atoms with Crippen molar-refractivity contribution < 1.29 is 9.59 Å². The molecule has 0 aromatic heterocycles. The van der Waals surface area contributed by atoms with Gasteiger partial charge in [0.25, 0.3) is 0 Å². The van der Waals surface area contributed by atoms with Crippen molar-refractivity contribution in [3.05, 3.63) is 0 Å². The van der Waals surface area contributed by atoms with Crippen molar-refractivity contribution in [2.45, 2.75) is 32.2 Å². The van der Waals surface area contributed by atoms with Gasteiger partial charge in [0.1, 0.15) is 6.04 Å². The Morgan fingerprint density at radius 3 is 2.73 bits per heavy atom. The summed E-state index contributed by atoms with van der Waals surface area (Å²) in [4.78, 5) is 24.1.